The second-order valence-electron chi connectivity index (χ2n) is 7.91. The minimum absolute atomic E-state index is 0.267. The van der Waals surface area contributed by atoms with Gasteiger partial charge in [0.05, 0.1) is 8.07 Å². The summed E-state index contributed by atoms with van der Waals surface area (Å²) in [5, 5.41) is 0.267. The molecule has 3 unspecified atom stereocenters. The predicted molar refractivity (Wildman–Crippen MR) is 105 cm³/mol. The van der Waals surface area contributed by atoms with Crippen LogP contribution in [0.4, 0.5) is 0 Å². The molecule has 122 valence electrons. The molecule has 0 spiro atoms. The molecule has 0 fully saturated rings. The summed E-state index contributed by atoms with van der Waals surface area (Å²) in [6.07, 6.45) is 8.77. The fourth-order valence-corrected chi connectivity index (χ4v) is 10.6. The van der Waals surface area contributed by atoms with E-state index in [9.17, 15) is 0 Å². The van der Waals surface area contributed by atoms with Gasteiger partial charge in [0.25, 0.3) is 0 Å². The van der Waals surface area contributed by atoms with Crippen LogP contribution in [0, 0.1) is 0 Å². The first-order chi connectivity index (χ1) is 10.8. The monoisotopic (exact) mass is 322 g/mol. The normalized spacial score (nSPS) is 28.8. The molecular formula is C22H30Si. The zero-order chi connectivity index (χ0) is 16.8. The number of hydrogen-bond donors (Lipinski definition) is 0. The Labute approximate surface area is 143 Å². The van der Waals surface area contributed by atoms with Gasteiger partial charge in [0.2, 0.25) is 0 Å². The van der Waals surface area contributed by atoms with Crippen molar-refractivity contribution in [2.75, 3.05) is 0 Å². The van der Waals surface area contributed by atoms with Gasteiger partial charge in [-0.3, -0.25) is 0 Å². The van der Waals surface area contributed by atoms with Gasteiger partial charge in [-0.25, -0.2) is 0 Å². The van der Waals surface area contributed by atoms with Crippen LogP contribution >= 0.6 is 0 Å². The SMILES string of the molecule is CCC[Si](C)(C1C=Cc2ccccc21)C1(C)C=C(C)C(C)=C1C. The first kappa shape index (κ1) is 16.5. The predicted octanol–water partition coefficient (Wildman–Crippen LogP) is 6.88. The van der Waals surface area contributed by atoms with Crippen LogP contribution in [0.2, 0.25) is 17.6 Å². The van der Waals surface area contributed by atoms with Gasteiger partial charge in [0.15, 0.2) is 0 Å². The standard InChI is InChI=1S/C22H30Si/c1-7-14-23(6,22(5)15-16(2)17(3)18(22)4)21-13-12-19-10-8-9-11-20(19)21/h8-13,15,21H,7,14H2,1-6H3. The third-order valence-corrected chi connectivity index (χ3v) is 13.2. The summed E-state index contributed by atoms with van der Waals surface area (Å²) in [7, 11) is -1.63. The molecule has 3 rings (SSSR count). The van der Waals surface area contributed by atoms with E-state index in [0.717, 1.165) is 0 Å². The molecule has 0 N–H and O–H groups in total. The molecule has 1 aromatic rings. The zero-order valence-electron chi connectivity index (χ0n) is 15.5. The molecule has 2 aliphatic carbocycles. The molecule has 0 heterocycles. The van der Waals surface area contributed by atoms with Crippen LogP contribution in [0.5, 0.6) is 0 Å². The smallest absolute Gasteiger partial charge is 0.0775 e. The van der Waals surface area contributed by atoms with Crippen molar-refractivity contribution in [2.45, 2.75) is 64.2 Å². The molecule has 0 saturated heterocycles. The van der Waals surface area contributed by atoms with Gasteiger partial charge < -0.3 is 0 Å². The van der Waals surface area contributed by atoms with E-state index in [1.165, 1.54) is 29.2 Å². The van der Waals surface area contributed by atoms with Crippen molar-refractivity contribution in [2.24, 2.45) is 0 Å². The average molecular weight is 323 g/mol. The van der Waals surface area contributed by atoms with Crippen LogP contribution in [0.3, 0.4) is 0 Å². The van der Waals surface area contributed by atoms with E-state index in [1.54, 1.807) is 11.1 Å². The lowest BCUT2D eigenvalue weighted by Gasteiger charge is -2.47. The Morgan fingerprint density at radius 1 is 1.13 bits per heavy atom. The second-order valence-corrected chi connectivity index (χ2v) is 12.9. The van der Waals surface area contributed by atoms with Crippen molar-refractivity contribution >= 4 is 14.1 Å². The summed E-state index contributed by atoms with van der Waals surface area (Å²) >= 11 is 0. The lowest BCUT2D eigenvalue weighted by molar-refractivity contribution is 0.794. The van der Waals surface area contributed by atoms with Crippen LogP contribution in [0.25, 0.3) is 6.08 Å². The summed E-state index contributed by atoms with van der Waals surface area (Å²) in [6.45, 7) is 14.5. The highest BCUT2D eigenvalue weighted by atomic mass is 28.3. The van der Waals surface area contributed by atoms with Crippen LogP contribution in [0.15, 0.2) is 53.1 Å². The van der Waals surface area contributed by atoms with Gasteiger partial charge in [-0.2, -0.15) is 0 Å². The molecule has 1 heteroatoms. The van der Waals surface area contributed by atoms with E-state index < -0.39 is 8.07 Å². The van der Waals surface area contributed by atoms with Crippen molar-refractivity contribution in [3.8, 4) is 0 Å². The molecule has 0 saturated carbocycles. The fourth-order valence-electron chi connectivity index (χ4n) is 4.99. The summed E-state index contributed by atoms with van der Waals surface area (Å²) in [6, 6.07) is 10.4. The van der Waals surface area contributed by atoms with E-state index in [1.807, 2.05) is 0 Å². The van der Waals surface area contributed by atoms with Crippen molar-refractivity contribution in [1.82, 2.24) is 0 Å². The minimum Gasteiger partial charge on any atom is -0.0791 e. The van der Waals surface area contributed by atoms with E-state index in [4.69, 9.17) is 0 Å². The van der Waals surface area contributed by atoms with Crippen LogP contribution in [0.1, 0.15) is 57.7 Å². The summed E-state index contributed by atoms with van der Waals surface area (Å²) in [5.74, 6) is 0. The summed E-state index contributed by atoms with van der Waals surface area (Å²) in [4.78, 5) is 0. The second kappa shape index (κ2) is 5.63. The van der Waals surface area contributed by atoms with E-state index >= 15 is 0 Å². The highest BCUT2D eigenvalue weighted by Crippen LogP contribution is 2.60. The Morgan fingerprint density at radius 2 is 1.83 bits per heavy atom. The van der Waals surface area contributed by atoms with Crippen molar-refractivity contribution in [3.05, 3.63) is 64.3 Å². The lowest BCUT2D eigenvalue weighted by Crippen LogP contribution is -2.48. The molecule has 0 bridgehead atoms. The van der Waals surface area contributed by atoms with Crippen LogP contribution in [-0.4, -0.2) is 8.07 Å². The van der Waals surface area contributed by atoms with Gasteiger partial charge in [0, 0.05) is 5.04 Å². The Bertz CT molecular complexity index is 721. The van der Waals surface area contributed by atoms with Gasteiger partial charge in [0.1, 0.15) is 0 Å². The third-order valence-electron chi connectivity index (χ3n) is 6.88. The number of fused-ring (bicyclic) bond motifs is 1. The number of allylic oxidation sites excluding steroid dienone is 5. The number of benzene rings is 1. The maximum Gasteiger partial charge on any atom is 0.0775 e. The molecule has 1 aromatic carbocycles. The highest BCUT2D eigenvalue weighted by molar-refractivity contribution is 6.84. The van der Waals surface area contributed by atoms with Crippen LogP contribution in [-0.2, 0) is 0 Å². The quantitative estimate of drug-likeness (QED) is 0.530. The summed E-state index contributed by atoms with van der Waals surface area (Å²) < 4.78 is 0. The maximum absolute atomic E-state index is 2.65. The molecular weight excluding hydrogens is 292 g/mol. The Hall–Kier alpha value is -1.34. The fraction of sp³-hybridized carbons (Fsp3) is 0.455. The van der Waals surface area contributed by atoms with Gasteiger partial charge in [-0.1, -0.05) is 86.5 Å². The molecule has 0 radical (unpaired) electrons. The first-order valence-electron chi connectivity index (χ1n) is 9.00. The molecule has 2 aliphatic rings. The van der Waals surface area contributed by atoms with Crippen LogP contribution < -0.4 is 0 Å². The highest BCUT2D eigenvalue weighted by Gasteiger charge is 2.53. The topological polar surface area (TPSA) is 0 Å². The van der Waals surface area contributed by atoms with Gasteiger partial charge in [-0.05, 0) is 43.0 Å². The lowest BCUT2D eigenvalue weighted by atomic mass is 10.0. The number of hydrogen-bond acceptors (Lipinski definition) is 0. The molecule has 0 aromatic heterocycles. The first-order valence-corrected chi connectivity index (χ1v) is 11.8. The Kier molecular flexibility index (Phi) is 4.04. The van der Waals surface area contributed by atoms with Gasteiger partial charge >= 0.3 is 0 Å². The number of rotatable bonds is 4. The van der Waals surface area contributed by atoms with E-state index in [0.29, 0.717) is 5.54 Å². The largest absolute Gasteiger partial charge is 0.0791 e. The Balaban J connectivity index is 2.15. The molecule has 0 aliphatic heterocycles. The minimum atomic E-state index is -1.63. The van der Waals surface area contributed by atoms with Crippen molar-refractivity contribution in [1.29, 1.82) is 0 Å². The summed E-state index contributed by atoms with van der Waals surface area (Å²) in [5.41, 5.74) is 8.28. The molecule has 0 nitrogen and oxygen atoms in total. The van der Waals surface area contributed by atoms with Crippen molar-refractivity contribution < 1.29 is 0 Å². The molecule has 0 amide bonds. The van der Waals surface area contributed by atoms with E-state index in [2.05, 4.69) is 83.7 Å². The molecule has 23 heavy (non-hydrogen) atoms. The maximum atomic E-state index is 2.65. The third kappa shape index (κ3) is 2.24. The van der Waals surface area contributed by atoms with E-state index in [-0.39, 0.29) is 5.04 Å². The van der Waals surface area contributed by atoms with Crippen molar-refractivity contribution in [3.63, 3.8) is 0 Å². The average Bonchev–Trinajstić information content (AvgIpc) is 3.05. The zero-order valence-corrected chi connectivity index (χ0v) is 16.5. The molecule has 3 atom stereocenters. The Morgan fingerprint density at radius 3 is 2.43 bits per heavy atom. The van der Waals surface area contributed by atoms with Gasteiger partial charge in [-0.15, -0.1) is 0 Å².